The minimum Gasteiger partial charge on any atom is -0.370 e. The third kappa shape index (κ3) is 5.28. The van der Waals surface area contributed by atoms with Crippen molar-refractivity contribution in [3.8, 4) is 0 Å². The molecule has 1 heterocycles. The summed E-state index contributed by atoms with van der Waals surface area (Å²) in [6.45, 7) is 2.98. The van der Waals surface area contributed by atoms with E-state index < -0.39 is 0 Å². The Morgan fingerprint density at radius 3 is 2.43 bits per heavy atom. The second-order valence-corrected chi connectivity index (χ2v) is 7.87. The lowest BCUT2D eigenvalue weighted by atomic mass is 9.80. The van der Waals surface area contributed by atoms with Gasteiger partial charge in [0.1, 0.15) is 0 Å². The molecule has 1 saturated heterocycles. The largest absolute Gasteiger partial charge is 0.370 e. The lowest BCUT2D eigenvalue weighted by Gasteiger charge is -2.30. The van der Waals surface area contributed by atoms with E-state index in [9.17, 15) is 0 Å². The molecule has 0 amide bonds. The summed E-state index contributed by atoms with van der Waals surface area (Å²) in [4.78, 5) is 7.06. The van der Waals surface area contributed by atoms with Gasteiger partial charge in [-0.05, 0) is 30.2 Å². The van der Waals surface area contributed by atoms with Gasteiger partial charge in [-0.3, -0.25) is 4.99 Å². The van der Waals surface area contributed by atoms with Gasteiger partial charge in [0.2, 0.25) is 0 Å². The molecular formula is C18H28IN3S. The topological polar surface area (TPSA) is 41.6 Å². The van der Waals surface area contributed by atoms with E-state index in [-0.39, 0.29) is 24.0 Å². The van der Waals surface area contributed by atoms with Crippen LogP contribution in [0.25, 0.3) is 0 Å². The highest BCUT2D eigenvalue weighted by atomic mass is 127. The molecule has 1 aromatic carbocycles. The fraction of sp³-hybridized carbons (Fsp3) is 0.611. The van der Waals surface area contributed by atoms with E-state index in [1.807, 2.05) is 11.8 Å². The quantitative estimate of drug-likeness (QED) is 0.436. The molecule has 0 radical (unpaired) electrons. The van der Waals surface area contributed by atoms with Gasteiger partial charge in [0.05, 0.1) is 0 Å². The first-order valence-electron chi connectivity index (χ1n) is 8.44. The summed E-state index contributed by atoms with van der Waals surface area (Å²) in [7, 11) is 0. The van der Waals surface area contributed by atoms with E-state index in [4.69, 9.17) is 10.7 Å². The lowest BCUT2D eigenvalue weighted by Crippen LogP contribution is -2.43. The van der Waals surface area contributed by atoms with Crippen molar-refractivity contribution in [1.82, 2.24) is 4.90 Å². The number of thioether (sulfide) groups is 1. The van der Waals surface area contributed by atoms with Crippen LogP contribution in [0.15, 0.2) is 35.3 Å². The minimum absolute atomic E-state index is 0. The van der Waals surface area contributed by atoms with E-state index in [2.05, 4.69) is 35.2 Å². The number of halogens is 1. The number of hydrogen-bond donors (Lipinski definition) is 1. The number of aliphatic imine (C=N–C) groups is 1. The minimum atomic E-state index is 0. The Balaban J connectivity index is 0.00000192. The average Bonchev–Trinajstić information content (AvgIpc) is 3.03. The maximum absolute atomic E-state index is 6.25. The van der Waals surface area contributed by atoms with E-state index in [0.29, 0.717) is 5.41 Å². The highest BCUT2D eigenvalue weighted by Gasteiger charge is 2.34. The highest BCUT2D eigenvalue weighted by Crippen LogP contribution is 2.41. The van der Waals surface area contributed by atoms with Crippen LogP contribution in [0.3, 0.4) is 0 Å². The van der Waals surface area contributed by atoms with Gasteiger partial charge in [-0.1, -0.05) is 43.2 Å². The maximum atomic E-state index is 6.25. The molecule has 23 heavy (non-hydrogen) atoms. The zero-order chi connectivity index (χ0) is 15.3. The first kappa shape index (κ1) is 18.9. The molecule has 3 rings (SSSR count). The van der Waals surface area contributed by atoms with Crippen molar-refractivity contribution in [3.63, 3.8) is 0 Å². The van der Waals surface area contributed by atoms with Gasteiger partial charge in [0.25, 0.3) is 0 Å². The summed E-state index contributed by atoms with van der Waals surface area (Å²) in [5, 5.41) is 0. The molecular weight excluding hydrogens is 417 g/mol. The third-order valence-electron chi connectivity index (χ3n) is 5.00. The predicted octanol–water partition coefficient (Wildman–Crippen LogP) is 3.77. The second kappa shape index (κ2) is 9.16. The Labute approximate surface area is 161 Å². The van der Waals surface area contributed by atoms with Crippen LogP contribution in [0.4, 0.5) is 0 Å². The van der Waals surface area contributed by atoms with Crippen LogP contribution in [0, 0.1) is 5.41 Å². The van der Waals surface area contributed by atoms with E-state index in [0.717, 1.165) is 32.0 Å². The average molecular weight is 445 g/mol. The van der Waals surface area contributed by atoms with Gasteiger partial charge in [0.15, 0.2) is 5.96 Å². The van der Waals surface area contributed by atoms with E-state index in [1.54, 1.807) is 0 Å². The summed E-state index contributed by atoms with van der Waals surface area (Å²) in [6, 6.07) is 10.9. The molecule has 128 valence electrons. The van der Waals surface area contributed by atoms with E-state index >= 15 is 0 Å². The Bertz CT molecular complexity index is 494. The van der Waals surface area contributed by atoms with Gasteiger partial charge in [-0.25, -0.2) is 0 Å². The van der Waals surface area contributed by atoms with Crippen LogP contribution < -0.4 is 5.73 Å². The zero-order valence-electron chi connectivity index (χ0n) is 13.7. The Hall–Kier alpha value is -0.430. The summed E-state index contributed by atoms with van der Waals surface area (Å²) in [5.41, 5.74) is 8.01. The summed E-state index contributed by atoms with van der Waals surface area (Å²) in [5.74, 6) is 3.11. The first-order chi connectivity index (χ1) is 10.8. The molecule has 1 saturated carbocycles. The lowest BCUT2D eigenvalue weighted by molar-refractivity contribution is 0.305. The molecule has 0 unspecified atom stereocenters. The van der Waals surface area contributed by atoms with Crippen molar-refractivity contribution < 1.29 is 0 Å². The van der Waals surface area contributed by atoms with Gasteiger partial charge >= 0.3 is 0 Å². The van der Waals surface area contributed by atoms with Crippen molar-refractivity contribution in [3.05, 3.63) is 35.9 Å². The molecule has 0 bridgehead atoms. The van der Waals surface area contributed by atoms with Crippen LogP contribution >= 0.6 is 35.7 Å². The van der Waals surface area contributed by atoms with E-state index in [1.165, 1.54) is 42.8 Å². The van der Waals surface area contributed by atoms with Crippen LogP contribution in [0.1, 0.15) is 31.2 Å². The molecule has 3 nitrogen and oxygen atoms in total. The first-order valence-corrected chi connectivity index (χ1v) is 9.60. The highest BCUT2D eigenvalue weighted by molar-refractivity contribution is 14.0. The maximum Gasteiger partial charge on any atom is 0.191 e. The molecule has 2 N–H and O–H groups in total. The van der Waals surface area contributed by atoms with Crippen molar-refractivity contribution >= 4 is 41.7 Å². The zero-order valence-corrected chi connectivity index (χ0v) is 16.9. The normalized spacial score (nSPS) is 21.0. The number of nitrogens with zero attached hydrogens (tertiary/aromatic N) is 2. The third-order valence-corrected chi connectivity index (χ3v) is 5.94. The van der Waals surface area contributed by atoms with Gasteiger partial charge in [-0.15, -0.1) is 24.0 Å². The van der Waals surface area contributed by atoms with Crippen molar-refractivity contribution in [2.24, 2.45) is 16.1 Å². The summed E-state index contributed by atoms with van der Waals surface area (Å²) < 4.78 is 0. The SMILES string of the molecule is I.NC(=NCC1(Cc2ccccc2)CCCC1)N1CCSCC1. The fourth-order valence-electron chi connectivity index (χ4n) is 3.69. The Kier molecular flexibility index (Phi) is 7.53. The smallest absolute Gasteiger partial charge is 0.191 e. The number of nitrogens with two attached hydrogens (primary N) is 1. The molecule has 5 heteroatoms. The van der Waals surface area contributed by atoms with Crippen molar-refractivity contribution in [1.29, 1.82) is 0 Å². The number of benzene rings is 1. The molecule has 1 aliphatic heterocycles. The second-order valence-electron chi connectivity index (χ2n) is 6.64. The summed E-state index contributed by atoms with van der Waals surface area (Å²) in [6.07, 6.45) is 6.38. The number of guanidine groups is 1. The fourth-order valence-corrected chi connectivity index (χ4v) is 4.59. The predicted molar refractivity (Wildman–Crippen MR) is 112 cm³/mol. The van der Waals surface area contributed by atoms with Gasteiger partial charge in [0, 0.05) is 31.1 Å². The Morgan fingerprint density at radius 1 is 1.13 bits per heavy atom. The number of hydrogen-bond acceptors (Lipinski definition) is 2. The van der Waals surface area contributed by atoms with Crippen LogP contribution in [0.5, 0.6) is 0 Å². The molecule has 1 aliphatic carbocycles. The monoisotopic (exact) mass is 445 g/mol. The molecule has 0 aromatic heterocycles. The van der Waals surface area contributed by atoms with Crippen LogP contribution in [-0.2, 0) is 6.42 Å². The standard InChI is InChI=1S/C18H27N3S.HI/c19-17(21-10-12-22-13-11-21)20-15-18(8-4-5-9-18)14-16-6-2-1-3-7-16;/h1-3,6-7H,4-5,8-15H2,(H2,19,20);1H. The number of rotatable bonds is 4. The van der Waals surface area contributed by atoms with Gasteiger partial charge in [-0.2, -0.15) is 11.8 Å². The van der Waals surface area contributed by atoms with Crippen LogP contribution in [-0.4, -0.2) is 42.0 Å². The van der Waals surface area contributed by atoms with Crippen LogP contribution in [0.2, 0.25) is 0 Å². The van der Waals surface area contributed by atoms with Gasteiger partial charge < -0.3 is 10.6 Å². The molecule has 0 atom stereocenters. The molecule has 0 spiro atoms. The van der Waals surface area contributed by atoms with Crippen molar-refractivity contribution in [2.75, 3.05) is 31.1 Å². The Morgan fingerprint density at radius 2 is 1.78 bits per heavy atom. The van der Waals surface area contributed by atoms with Crippen molar-refractivity contribution in [2.45, 2.75) is 32.1 Å². The summed E-state index contributed by atoms with van der Waals surface area (Å²) >= 11 is 2.01. The molecule has 1 aromatic rings. The molecule has 2 fully saturated rings. The molecule has 2 aliphatic rings.